The molecular formula is C14H27N3O2. The van der Waals surface area contributed by atoms with Gasteiger partial charge in [-0.15, -0.1) is 0 Å². The molecule has 2 rings (SSSR count). The van der Waals surface area contributed by atoms with E-state index in [1.54, 1.807) is 0 Å². The first kappa shape index (κ1) is 14.8. The van der Waals surface area contributed by atoms with Crippen LogP contribution in [0.5, 0.6) is 0 Å². The second-order valence-electron chi connectivity index (χ2n) is 5.65. The van der Waals surface area contributed by atoms with Gasteiger partial charge in [0.25, 0.3) is 0 Å². The maximum Gasteiger partial charge on any atom is 0.326 e. The highest BCUT2D eigenvalue weighted by Crippen LogP contribution is 2.30. The lowest BCUT2D eigenvalue weighted by Gasteiger charge is -2.43. The van der Waals surface area contributed by atoms with E-state index in [0.717, 1.165) is 58.5 Å². The average molecular weight is 269 g/mol. The third-order valence-corrected chi connectivity index (χ3v) is 4.42. The van der Waals surface area contributed by atoms with Crippen LogP contribution in [0.2, 0.25) is 0 Å². The summed E-state index contributed by atoms with van der Waals surface area (Å²) in [6.07, 6.45) is 2.89. The van der Waals surface area contributed by atoms with Crippen LogP contribution in [0.1, 0.15) is 26.2 Å². The standard InChI is InChI=1S/C14H27N3O2/c1-3-19-13(18)14(17-11-7-15-8-12-17)5-4-9-16(2)10-6-14/h15H,3-12H2,1-2H3. The highest BCUT2D eigenvalue weighted by molar-refractivity contribution is 5.81. The van der Waals surface area contributed by atoms with Gasteiger partial charge >= 0.3 is 5.97 Å². The number of nitrogens with one attached hydrogen (secondary N) is 1. The first-order valence-electron chi connectivity index (χ1n) is 7.50. The Bertz CT molecular complexity index is 305. The van der Waals surface area contributed by atoms with Crippen LogP contribution < -0.4 is 5.32 Å². The van der Waals surface area contributed by atoms with Gasteiger partial charge in [0.2, 0.25) is 0 Å². The van der Waals surface area contributed by atoms with Crippen LogP contribution in [-0.2, 0) is 9.53 Å². The van der Waals surface area contributed by atoms with Gasteiger partial charge in [-0.1, -0.05) is 0 Å². The van der Waals surface area contributed by atoms with Gasteiger partial charge in [0, 0.05) is 32.7 Å². The minimum absolute atomic E-state index is 0.00722. The van der Waals surface area contributed by atoms with Crippen molar-refractivity contribution >= 4 is 5.97 Å². The zero-order valence-corrected chi connectivity index (χ0v) is 12.3. The third-order valence-electron chi connectivity index (χ3n) is 4.42. The van der Waals surface area contributed by atoms with E-state index in [4.69, 9.17) is 4.74 Å². The lowest BCUT2D eigenvalue weighted by atomic mass is 9.87. The molecule has 0 amide bonds. The SMILES string of the molecule is CCOC(=O)C1(N2CCNCC2)CCCN(C)CC1. The van der Waals surface area contributed by atoms with Crippen molar-refractivity contribution in [1.29, 1.82) is 0 Å². The Balaban J connectivity index is 2.17. The van der Waals surface area contributed by atoms with E-state index in [1.807, 2.05) is 6.92 Å². The molecule has 1 unspecified atom stereocenters. The fourth-order valence-corrected chi connectivity index (χ4v) is 3.26. The highest BCUT2D eigenvalue weighted by Gasteiger charge is 2.45. The van der Waals surface area contributed by atoms with Crippen molar-refractivity contribution in [3.8, 4) is 0 Å². The number of carbonyl (C=O) groups is 1. The molecule has 2 aliphatic rings. The Hall–Kier alpha value is -0.650. The maximum absolute atomic E-state index is 12.6. The fourth-order valence-electron chi connectivity index (χ4n) is 3.26. The second-order valence-corrected chi connectivity index (χ2v) is 5.65. The van der Waals surface area contributed by atoms with Gasteiger partial charge in [0.15, 0.2) is 0 Å². The maximum atomic E-state index is 12.6. The molecular weight excluding hydrogens is 242 g/mol. The van der Waals surface area contributed by atoms with Crippen LogP contribution in [0, 0.1) is 0 Å². The normalized spacial score (nSPS) is 30.8. The molecule has 0 aromatic carbocycles. The van der Waals surface area contributed by atoms with Gasteiger partial charge in [-0.25, -0.2) is 0 Å². The quantitative estimate of drug-likeness (QED) is 0.747. The van der Waals surface area contributed by atoms with Gasteiger partial charge in [-0.05, 0) is 39.8 Å². The summed E-state index contributed by atoms with van der Waals surface area (Å²) < 4.78 is 5.41. The first-order valence-corrected chi connectivity index (χ1v) is 7.50. The van der Waals surface area contributed by atoms with Crippen LogP contribution in [0.4, 0.5) is 0 Å². The lowest BCUT2D eigenvalue weighted by Crippen LogP contribution is -2.61. The Morgan fingerprint density at radius 1 is 1.21 bits per heavy atom. The van der Waals surface area contributed by atoms with Crippen LogP contribution in [0.15, 0.2) is 0 Å². The number of nitrogens with zero attached hydrogens (tertiary/aromatic N) is 2. The van der Waals surface area contributed by atoms with Crippen LogP contribution in [0.25, 0.3) is 0 Å². The van der Waals surface area contributed by atoms with Crippen LogP contribution in [0.3, 0.4) is 0 Å². The van der Waals surface area contributed by atoms with Crippen molar-refractivity contribution in [2.24, 2.45) is 0 Å². The van der Waals surface area contributed by atoms with Crippen LogP contribution >= 0.6 is 0 Å². The lowest BCUT2D eigenvalue weighted by molar-refractivity contribution is -0.159. The summed E-state index contributed by atoms with van der Waals surface area (Å²) in [7, 11) is 2.14. The molecule has 2 heterocycles. The average Bonchev–Trinajstić information content (AvgIpc) is 2.63. The van der Waals surface area contributed by atoms with E-state index in [1.165, 1.54) is 0 Å². The van der Waals surface area contributed by atoms with Gasteiger partial charge in [-0.2, -0.15) is 0 Å². The summed E-state index contributed by atoms with van der Waals surface area (Å²) >= 11 is 0. The van der Waals surface area contributed by atoms with Crippen LogP contribution in [-0.4, -0.2) is 74.2 Å². The molecule has 0 aromatic rings. The molecule has 5 nitrogen and oxygen atoms in total. The number of carbonyl (C=O) groups excluding carboxylic acids is 1. The van der Waals surface area contributed by atoms with Crippen molar-refractivity contribution in [3.63, 3.8) is 0 Å². The molecule has 19 heavy (non-hydrogen) atoms. The van der Waals surface area contributed by atoms with E-state index >= 15 is 0 Å². The van der Waals surface area contributed by atoms with Crippen molar-refractivity contribution in [2.45, 2.75) is 31.7 Å². The predicted molar refractivity (Wildman–Crippen MR) is 75.2 cm³/mol. The number of hydrogen-bond acceptors (Lipinski definition) is 5. The molecule has 0 aliphatic carbocycles. The molecule has 1 N–H and O–H groups in total. The summed E-state index contributed by atoms with van der Waals surface area (Å²) in [6.45, 7) is 8.25. The molecule has 2 fully saturated rings. The highest BCUT2D eigenvalue weighted by atomic mass is 16.5. The van der Waals surface area contributed by atoms with Crippen molar-refractivity contribution in [1.82, 2.24) is 15.1 Å². The van der Waals surface area contributed by atoms with E-state index in [0.29, 0.717) is 6.61 Å². The number of likely N-dealkylation sites (tertiary alicyclic amines) is 1. The van der Waals surface area contributed by atoms with E-state index in [9.17, 15) is 4.79 Å². The molecule has 0 aromatic heterocycles. The number of rotatable bonds is 3. The number of piperazine rings is 1. The summed E-state index contributed by atoms with van der Waals surface area (Å²) in [4.78, 5) is 17.3. The minimum atomic E-state index is -0.386. The topological polar surface area (TPSA) is 44.8 Å². The Labute approximate surface area is 116 Å². The van der Waals surface area contributed by atoms with Gasteiger partial charge in [-0.3, -0.25) is 9.69 Å². The summed E-state index contributed by atoms with van der Waals surface area (Å²) in [5, 5.41) is 3.36. The third kappa shape index (κ3) is 3.27. The number of hydrogen-bond donors (Lipinski definition) is 1. The van der Waals surface area contributed by atoms with E-state index in [-0.39, 0.29) is 11.5 Å². The van der Waals surface area contributed by atoms with Gasteiger partial charge < -0.3 is 15.0 Å². The largest absolute Gasteiger partial charge is 0.465 e. The Morgan fingerprint density at radius 2 is 1.95 bits per heavy atom. The Kier molecular flexibility index (Phi) is 5.19. The van der Waals surface area contributed by atoms with E-state index < -0.39 is 0 Å². The number of esters is 1. The molecule has 5 heteroatoms. The minimum Gasteiger partial charge on any atom is -0.465 e. The molecule has 2 aliphatic heterocycles. The summed E-state index contributed by atoms with van der Waals surface area (Å²) in [6, 6.07) is 0. The Morgan fingerprint density at radius 3 is 2.63 bits per heavy atom. The first-order chi connectivity index (χ1) is 9.19. The van der Waals surface area contributed by atoms with Crippen molar-refractivity contribution in [2.75, 3.05) is 52.9 Å². The molecule has 2 saturated heterocycles. The van der Waals surface area contributed by atoms with Crippen molar-refractivity contribution < 1.29 is 9.53 Å². The molecule has 0 spiro atoms. The predicted octanol–water partition coefficient (Wildman–Crippen LogP) is 0.309. The molecule has 1 atom stereocenters. The number of ether oxygens (including phenoxy) is 1. The van der Waals surface area contributed by atoms with Gasteiger partial charge in [0.1, 0.15) is 5.54 Å². The molecule has 0 bridgehead atoms. The monoisotopic (exact) mass is 269 g/mol. The van der Waals surface area contributed by atoms with Crippen molar-refractivity contribution in [3.05, 3.63) is 0 Å². The van der Waals surface area contributed by atoms with Gasteiger partial charge in [0.05, 0.1) is 6.61 Å². The smallest absolute Gasteiger partial charge is 0.326 e. The summed E-state index contributed by atoms with van der Waals surface area (Å²) in [5.41, 5.74) is -0.386. The molecule has 0 saturated carbocycles. The summed E-state index contributed by atoms with van der Waals surface area (Å²) in [5.74, 6) is -0.00722. The van der Waals surface area contributed by atoms with E-state index in [2.05, 4.69) is 22.2 Å². The fraction of sp³-hybridized carbons (Fsp3) is 0.929. The molecule has 110 valence electrons. The zero-order chi connectivity index (χ0) is 13.7. The second kappa shape index (κ2) is 6.68. The zero-order valence-electron chi connectivity index (χ0n) is 12.3. The molecule has 0 radical (unpaired) electrons.